The highest BCUT2D eigenvalue weighted by Gasteiger charge is 2.11. The predicted molar refractivity (Wildman–Crippen MR) is 108 cm³/mol. The molecule has 0 radical (unpaired) electrons. The van der Waals surface area contributed by atoms with Gasteiger partial charge in [0, 0.05) is 27.8 Å². The van der Waals surface area contributed by atoms with E-state index in [1.54, 1.807) is 42.5 Å². The largest absolute Gasteiger partial charge is 0.456 e. The van der Waals surface area contributed by atoms with E-state index in [1.165, 1.54) is 13.0 Å². The second kappa shape index (κ2) is 10.4. The van der Waals surface area contributed by atoms with Crippen LogP contribution in [0.4, 0.5) is 11.4 Å². The topological polar surface area (TPSA) is 102 Å². The van der Waals surface area contributed by atoms with E-state index in [-0.39, 0.29) is 24.5 Å². The van der Waals surface area contributed by atoms with E-state index in [0.29, 0.717) is 16.9 Å². The van der Waals surface area contributed by atoms with Crippen molar-refractivity contribution in [1.82, 2.24) is 0 Å². The van der Waals surface area contributed by atoms with Gasteiger partial charge in [-0.2, -0.15) is 0 Å². The normalized spacial score (nSPS) is 10.1. The zero-order chi connectivity index (χ0) is 20.5. The molecule has 0 saturated heterocycles. The number of rotatable bonds is 8. The van der Waals surface area contributed by atoms with Gasteiger partial charge in [0.25, 0.3) is 5.91 Å². The third-order valence-corrected chi connectivity index (χ3v) is 4.13. The van der Waals surface area contributed by atoms with Gasteiger partial charge < -0.3 is 15.4 Å². The van der Waals surface area contributed by atoms with Crippen molar-refractivity contribution in [1.29, 1.82) is 0 Å². The Morgan fingerprint density at radius 1 is 0.893 bits per heavy atom. The Hall–Kier alpha value is -3.00. The van der Waals surface area contributed by atoms with Crippen molar-refractivity contribution in [2.24, 2.45) is 0 Å². The number of carbonyl (C=O) groups excluding carboxylic acids is 4. The molecule has 0 aliphatic rings. The molecule has 7 nitrogen and oxygen atoms in total. The fourth-order valence-corrected chi connectivity index (χ4v) is 2.47. The van der Waals surface area contributed by atoms with Crippen LogP contribution in [0.15, 0.2) is 53.0 Å². The Kier molecular flexibility index (Phi) is 7.88. The molecule has 2 N–H and O–H groups in total. The molecule has 0 fully saturated rings. The van der Waals surface area contributed by atoms with Crippen LogP contribution in [0.2, 0.25) is 0 Å². The first kappa shape index (κ1) is 21.3. The second-order valence-corrected chi connectivity index (χ2v) is 6.82. The maximum absolute atomic E-state index is 11.8. The van der Waals surface area contributed by atoms with Crippen LogP contribution in [-0.4, -0.2) is 30.2 Å². The van der Waals surface area contributed by atoms with Gasteiger partial charge in [-0.25, -0.2) is 0 Å². The smallest absolute Gasteiger partial charge is 0.306 e. The zero-order valence-electron chi connectivity index (χ0n) is 15.2. The average Bonchev–Trinajstić information content (AvgIpc) is 2.66. The predicted octanol–water partition coefficient (Wildman–Crippen LogP) is 3.55. The number of ether oxygens (including phenoxy) is 1. The number of carbonyl (C=O) groups is 4. The van der Waals surface area contributed by atoms with Crippen LogP contribution in [0.5, 0.6) is 0 Å². The van der Waals surface area contributed by atoms with Gasteiger partial charge in [-0.3, -0.25) is 19.2 Å². The molecular formula is C20H19BrN2O5. The molecule has 0 heterocycles. The Morgan fingerprint density at radius 2 is 1.57 bits per heavy atom. The van der Waals surface area contributed by atoms with Crippen LogP contribution < -0.4 is 10.6 Å². The molecule has 0 aliphatic heterocycles. The van der Waals surface area contributed by atoms with Gasteiger partial charge in [-0.15, -0.1) is 0 Å². The van der Waals surface area contributed by atoms with Crippen molar-refractivity contribution in [2.45, 2.75) is 19.8 Å². The Morgan fingerprint density at radius 3 is 2.25 bits per heavy atom. The number of hydrogen-bond acceptors (Lipinski definition) is 5. The van der Waals surface area contributed by atoms with Gasteiger partial charge in [-0.1, -0.05) is 28.1 Å². The fraction of sp³-hybridized carbons (Fsp3) is 0.200. The van der Waals surface area contributed by atoms with Crippen molar-refractivity contribution in [3.63, 3.8) is 0 Å². The fourth-order valence-electron chi connectivity index (χ4n) is 2.20. The van der Waals surface area contributed by atoms with Crippen LogP contribution >= 0.6 is 15.9 Å². The minimum absolute atomic E-state index is 0.0584. The lowest BCUT2D eigenvalue weighted by Crippen LogP contribution is -2.22. The number of esters is 1. The first-order chi connectivity index (χ1) is 13.3. The average molecular weight is 447 g/mol. The van der Waals surface area contributed by atoms with E-state index in [4.69, 9.17) is 4.74 Å². The molecular weight excluding hydrogens is 428 g/mol. The lowest BCUT2D eigenvalue weighted by Gasteiger charge is -2.08. The number of nitrogens with one attached hydrogen (secondary N) is 2. The number of amides is 2. The summed E-state index contributed by atoms with van der Waals surface area (Å²) in [5.74, 6) is -1.64. The van der Waals surface area contributed by atoms with Crippen LogP contribution in [0.25, 0.3) is 0 Å². The van der Waals surface area contributed by atoms with E-state index in [0.717, 1.165) is 4.47 Å². The number of halogens is 1. The number of benzene rings is 2. The number of anilines is 2. The molecule has 8 heteroatoms. The van der Waals surface area contributed by atoms with Crippen LogP contribution in [0.1, 0.15) is 30.1 Å². The minimum atomic E-state index is -0.654. The van der Waals surface area contributed by atoms with Crippen molar-refractivity contribution >= 4 is 50.9 Å². The first-order valence-corrected chi connectivity index (χ1v) is 9.24. The lowest BCUT2D eigenvalue weighted by atomic mass is 10.1. The van der Waals surface area contributed by atoms with E-state index in [9.17, 15) is 19.2 Å². The molecule has 28 heavy (non-hydrogen) atoms. The molecule has 2 amide bonds. The summed E-state index contributed by atoms with van der Waals surface area (Å²) in [6.45, 7) is 0.951. The quantitative estimate of drug-likeness (QED) is 0.476. The molecule has 0 aliphatic carbocycles. The molecule has 0 aromatic heterocycles. The van der Waals surface area contributed by atoms with Crippen LogP contribution in [-0.2, 0) is 19.1 Å². The molecule has 0 bridgehead atoms. The summed E-state index contributed by atoms with van der Waals surface area (Å²) in [6.07, 6.45) is -0.202. The molecule has 146 valence electrons. The third kappa shape index (κ3) is 7.32. The Bertz CT molecular complexity index is 880. The van der Waals surface area contributed by atoms with E-state index in [1.807, 2.05) is 0 Å². The lowest BCUT2D eigenvalue weighted by molar-refractivity contribution is -0.147. The highest BCUT2D eigenvalue weighted by Crippen LogP contribution is 2.14. The van der Waals surface area contributed by atoms with Crippen molar-refractivity contribution in [3.05, 3.63) is 58.6 Å². The molecule has 2 rings (SSSR count). The van der Waals surface area contributed by atoms with Gasteiger partial charge in [0.05, 0.1) is 6.42 Å². The van der Waals surface area contributed by atoms with Crippen molar-refractivity contribution < 1.29 is 23.9 Å². The molecule has 0 atom stereocenters. The van der Waals surface area contributed by atoms with Gasteiger partial charge in [-0.05, 0) is 43.3 Å². The summed E-state index contributed by atoms with van der Waals surface area (Å²) in [4.78, 5) is 46.7. The van der Waals surface area contributed by atoms with E-state index in [2.05, 4.69) is 26.6 Å². The maximum Gasteiger partial charge on any atom is 0.306 e. The minimum Gasteiger partial charge on any atom is -0.456 e. The van der Waals surface area contributed by atoms with Crippen LogP contribution in [0.3, 0.4) is 0 Å². The monoisotopic (exact) mass is 446 g/mol. The Balaban J connectivity index is 1.70. The summed E-state index contributed by atoms with van der Waals surface area (Å²) in [6, 6.07) is 13.5. The first-order valence-electron chi connectivity index (χ1n) is 8.45. The highest BCUT2D eigenvalue weighted by molar-refractivity contribution is 9.10. The standard InChI is InChI=1S/C20H19BrN2O5/c1-13(24)14-3-2-4-17(11-14)23-19(26)12-28-20(27)10-9-18(25)22-16-7-5-15(21)6-8-16/h2-8,11H,9-10,12H2,1H3,(H,22,25)(H,23,26). The maximum atomic E-state index is 11.8. The third-order valence-electron chi connectivity index (χ3n) is 3.60. The summed E-state index contributed by atoms with van der Waals surface area (Å²) < 4.78 is 5.76. The van der Waals surface area contributed by atoms with Gasteiger partial charge in [0.15, 0.2) is 12.4 Å². The second-order valence-electron chi connectivity index (χ2n) is 5.90. The number of ketones is 1. The summed E-state index contributed by atoms with van der Waals surface area (Å²) in [5, 5.41) is 5.21. The number of hydrogen-bond donors (Lipinski definition) is 2. The molecule has 2 aromatic carbocycles. The summed E-state index contributed by atoms with van der Waals surface area (Å²) in [7, 11) is 0. The van der Waals surface area contributed by atoms with E-state index >= 15 is 0 Å². The molecule has 0 saturated carbocycles. The van der Waals surface area contributed by atoms with Gasteiger partial charge >= 0.3 is 5.97 Å². The molecule has 0 unspecified atom stereocenters. The highest BCUT2D eigenvalue weighted by atomic mass is 79.9. The number of Topliss-reactive ketones (excluding diaryl/α,β-unsaturated/α-hetero) is 1. The van der Waals surface area contributed by atoms with E-state index < -0.39 is 18.5 Å². The van der Waals surface area contributed by atoms with Gasteiger partial charge in [0.2, 0.25) is 5.91 Å². The molecule has 0 spiro atoms. The summed E-state index contributed by atoms with van der Waals surface area (Å²) in [5.41, 5.74) is 1.52. The van der Waals surface area contributed by atoms with Crippen molar-refractivity contribution in [3.8, 4) is 0 Å². The summed E-state index contributed by atoms with van der Waals surface area (Å²) >= 11 is 3.30. The molecule has 2 aromatic rings. The zero-order valence-corrected chi connectivity index (χ0v) is 16.7. The Labute approximate surface area is 170 Å². The van der Waals surface area contributed by atoms with Crippen LogP contribution in [0, 0.1) is 0 Å². The van der Waals surface area contributed by atoms with Gasteiger partial charge in [0.1, 0.15) is 0 Å². The SMILES string of the molecule is CC(=O)c1cccc(NC(=O)COC(=O)CCC(=O)Nc2ccc(Br)cc2)c1. The van der Waals surface area contributed by atoms with Crippen molar-refractivity contribution in [2.75, 3.05) is 17.2 Å².